The highest BCUT2D eigenvalue weighted by Gasteiger charge is 2.16. The molecule has 0 aromatic heterocycles. The Morgan fingerprint density at radius 2 is 1.81 bits per heavy atom. The van der Waals surface area contributed by atoms with Gasteiger partial charge in [-0.2, -0.15) is 0 Å². The highest BCUT2D eigenvalue weighted by atomic mass is 16.5. The molecule has 0 aliphatic heterocycles. The minimum Gasteiger partial charge on any atom is -0.508 e. The number of aromatic hydroxyl groups is 1. The van der Waals surface area contributed by atoms with E-state index in [4.69, 9.17) is 4.74 Å². The van der Waals surface area contributed by atoms with Crippen molar-refractivity contribution in [2.75, 3.05) is 7.11 Å². The zero-order valence-electron chi connectivity index (χ0n) is 15.6. The molecule has 0 aliphatic carbocycles. The lowest BCUT2D eigenvalue weighted by Gasteiger charge is -2.20. The normalized spacial score (nSPS) is 11.1. The lowest BCUT2D eigenvalue weighted by atomic mass is 10.00. The van der Waals surface area contributed by atoms with E-state index in [-0.39, 0.29) is 35.8 Å². The molecule has 2 aromatic carbocycles. The standard InChI is InChI=1S/C21H25NO4/c1-21(2,3)22-20(25)16-7-5-6-14(10-16)11-17(23)12-15-8-9-18(26-4)13-19(15)24/h5-10,13,24H,11-12H2,1-4H3,(H,22,25). The Hall–Kier alpha value is -2.82. The molecule has 0 saturated heterocycles. The average Bonchev–Trinajstić information content (AvgIpc) is 2.55. The Morgan fingerprint density at radius 3 is 2.42 bits per heavy atom. The van der Waals surface area contributed by atoms with Gasteiger partial charge in [-0.1, -0.05) is 18.2 Å². The van der Waals surface area contributed by atoms with Crippen LogP contribution >= 0.6 is 0 Å². The number of phenolic OH excluding ortho intramolecular Hbond substituents is 1. The van der Waals surface area contributed by atoms with E-state index in [1.165, 1.54) is 13.2 Å². The smallest absolute Gasteiger partial charge is 0.251 e. The van der Waals surface area contributed by atoms with Crippen molar-refractivity contribution >= 4 is 11.7 Å². The Balaban J connectivity index is 2.05. The summed E-state index contributed by atoms with van der Waals surface area (Å²) in [6, 6.07) is 11.9. The molecule has 5 heteroatoms. The number of benzene rings is 2. The first-order chi connectivity index (χ1) is 12.2. The molecule has 138 valence electrons. The number of nitrogens with one attached hydrogen (secondary N) is 1. The van der Waals surface area contributed by atoms with E-state index >= 15 is 0 Å². The van der Waals surface area contributed by atoms with Crippen molar-refractivity contribution < 1.29 is 19.4 Å². The first kappa shape index (κ1) is 19.5. The van der Waals surface area contributed by atoms with Crippen molar-refractivity contribution in [1.29, 1.82) is 0 Å². The third kappa shape index (κ3) is 5.62. The van der Waals surface area contributed by atoms with E-state index < -0.39 is 0 Å². The fraction of sp³-hybridized carbons (Fsp3) is 0.333. The number of ketones is 1. The number of methoxy groups -OCH3 is 1. The molecule has 0 saturated carbocycles. The first-order valence-corrected chi connectivity index (χ1v) is 8.47. The Morgan fingerprint density at radius 1 is 1.08 bits per heavy atom. The number of ether oxygens (including phenoxy) is 1. The van der Waals surface area contributed by atoms with E-state index in [1.54, 1.807) is 30.3 Å². The monoisotopic (exact) mass is 355 g/mol. The summed E-state index contributed by atoms with van der Waals surface area (Å²) >= 11 is 0. The van der Waals surface area contributed by atoms with Crippen LogP contribution in [0.5, 0.6) is 11.5 Å². The maximum atomic E-state index is 12.4. The maximum absolute atomic E-state index is 12.4. The van der Waals surface area contributed by atoms with Crippen LogP contribution < -0.4 is 10.1 Å². The Kier molecular flexibility index (Phi) is 6.03. The van der Waals surface area contributed by atoms with E-state index in [9.17, 15) is 14.7 Å². The van der Waals surface area contributed by atoms with Gasteiger partial charge in [-0.15, -0.1) is 0 Å². The number of amides is 1. The molecule has 0 bridgehead atoms. The largest absolute Gasteiger partial charge is 0.508 e. The second-order valence-electron chi connectivity index (χ2n) is 7.29. The zero-order chi connectivity index (χ0) is 19.3. The number of carbonyl (C=O) groups is 2. The summed E-state index contributed by atoms with van der Waals surface area (Å²) < 4.78 is 5.04. The van der Waals surface area contributed by atoms with Gasteiger partial charge in [0.05, 0.1) is 7.11 Å². The molecular weight excluding hydrogens is 330 g/mol. The van der Waals surface area contributed by atoms with E-state index in [2.05, 4.69) is 5.32 Å². The van der Waals surface area contributed by atoms with Crippen LogP contribution in [0.3, 0.4) is 0 Å². The van der Waals surface area contributed by atoms with Crippen LogP contribution in [0.2, 0.25) is 0 Å². The fourth-order valence-corrected chi connectivity index (χ4v) is 2.56. The lowest BCUT2D eigenvalue weighted by Crippen LogP contribution is -2.40. The summed E-state index contributed by atoms with van der Waals surface area (Å²) in [4.78, 5) is 24.6. The van der Waals surface area contributed by atoms with Gasteiger partial charge in [0.15, 0.2) is 0 Å². The third-order valence-corrected chi connectivity index (χ3v) is 3.76. The van der Waals surface area contributed by atoms with Crippen LogP contribution in [0.15, 0.2) is 42.5 Å². The van der Waals surface area contributed by atoms with Crippen molar-refractivity contribution in [3.63, 3.8) is 0 Å². The Labute approximate surface area is 154 Å². The van der Waals surface area contributed by atoms with Crippen molar-refractivity contribution in [2.45, 2.75) is 39.2 Å². The van der Waals surface area contributed by atoms with Gasteiger partial charge in [0, 0.05) is 35.6 Å². The molecule has 1 amide bonds. The predicted octanol–water partition coefficient (Wildman–Crippen LogP) is 3.28. The molecule has 5 nitrogen and oxygen atoms in total. The summed E-state index contributed by atoms with van der Waals surface area (Å²) in [5, 5.41) is 12.9. The molecule has 2 rings (SSSR count). The highest BCUT2D eigenvalue weighted by Crippen LogP contribution is 2.24. The van der Waals surface area contributed by atoms with Gasteiger partial charge in [-0.3, -0.25) is 9.59 Å². The second-order valence-corrected chi connectivity index (χ2v) is 7.29. The SMILES string of the molecule is COc1ccc(CC(=O)Cc2cccc(C(=O)NC(C)(C)C)c2)c(O)c1. The topological polar surface area (TPSA) is 75.6 Å². The van der Waals surface area contributed by atoms with Gasteiger partial charge in [0.1, 0.15) is 17.3 Å². The number of phenols is 1. The van der Waals surface area contributed by atoms with Crippen molar-refractivity contribution in [3.05, 3.63) is 59.2 Å². The van der Waals surface area contributed by atoms with Gasteiger partial charge in [0.2, 0.25) is 0 Å². The van der Waals surface area contributed by atoms with E-state index in [1.807, 2.05) is 26.8 Å². The molecule has 0 aliphatic rings. The molecule has 0 radical (unpaired) electrons. The van der Waals surface area contributed by atoms with Gasteiger partial charge in [0.25, 0.3) is 5.91 Å². The molecule has 0 heterocycles. The number of Topliss-reactive ketones (excluding diaryl/α,β-unsaturated/α-hetero) is 1. The summed E-state index contributed by atoms with van der Waals surface area (Å²) in [5.41, 5.74) is 1.52. The second kappa shape index (κ2) is 8.04. The van der Waals surface area contributed by atoms with E-state index in [0.29, 0.717) is 16.9 Å². The summed E-state index contributed by atoms with van der Waals surface area (Å²) in [7, 11) is 1.52. The quantitative estimate of drug-likeness (QED) is 0.834. The highest BCUT2D eigenvalue weighted by molar-refractivity contribution is 5.95. The van der Waals surface area contributed by atoms with Gasteiger partial charge in [-0.05, 0) is 44.5 Å². The van der Waals surface area contributed by atoms with Crippen LogP contribution in [0, 0.1) is 0 Å². The first-order valence-electron chi connectivity index (χ1n) is 8.47. The third-order valence-electron chi connectivity index (χ3n) is 3.76. The molecule has 0 atom stereocenters. The summed E-state index contributed by atoms with van der Waals surface area (Å²) in [5.74, 6) is 0.366. The minimum absolute atomic E-state index is 0.0380. The molecule has 0 spiro atoms. The fourth-order valence-electron chi connectivity index (χ4n) is 2.56. The van der Waals surface area contributed by atoms with Gasteiger partial charge in [-0.25, -0.2) is 0 Å². The Bertz CT molecular complexity index is 806. The van der Waals surface area contributed by atoms with Crippen molar-refractivity contribution in [1.82, 2.24) is 5.32 Å². The number of rotatable bonds is 6. The lowest BCUT2D eigenvalue weighted by molar-refractivity contribution is -0.117. The molecule has 0 unspecified atom stereocenters. The summed E-state index contributed by atoms with van der Waals surface area (Å²) in [6.45, 7) is 5.75. The number of hydrogen-bond acceptors (Lipinski definition) is 4. The van der Waals surface area contributed by atoms with Crippen molar-refractivity contribution in [3.8, 4) is 11.5 Å². The van der Waals surface area contributed by atoms with Crippen molar-refractivity contribution in [2.24, 2.45) is 0 Å². The van der Waals surface area contributed by atoms with Crippen LogP contribution in [-0.2, 0) is 17.6 Å². The average molecular weight is 355 g/mol. The maximum Gasteiger partial charge on any atom is 0.251 e. The predicted molar refractivity (Wildman–Crippen MR) is 101 cm³/mol. The number of carbonyl (C=O) groups excluding carboxylic acids is 2. The van der Waals surface area contributed by atoms with E-state index in [0.717, 1.165) is 5.56 Å². The zero-order valence-corrected chi connectivity index (χ0v) is 15.6. The molecule has 0 fully saturated rings. The van der Waals surface area contributed by atoms with Gasteiger partial charge >= 0.3 is 0 Å². The van der Waals surface area contributed by atoms with Crippen LogP contribution in [0.1, 0.15) is 42.3 Å². The molecular formula is C21H25NO4. The van der Waals surface area contributed by atoms with Crippen LogP contribution in [0.25, 0.3) is 0 Å². The summed E-state index contributed by atoms with van der Waals surface area (Å²) in [6.07, 6.45) is 0.316. The molecule has 2 N–H and O–H groups in total. The molecule has 26 heavy (non-hydrogen) atoms. The number of hydrogen-bond donors (Lipinski definition) is 2. The minimum atomic E-state index is -0.325. The van der Waals surface area contributed by atoms with Crippen LogP contribution in [0.4, 0.5) is 0 Å². The van der Waals surface area contributed by atoms with Gasteiger partial charge < -0.3 is 15.2 Å². The molecule has 2 aromatic rings. The van der Waals surface area contributed by atoms with Crippen LogP contribution in [-0.4, -0.2) is 29.4 Å².